The minimum absolute atomic E-state index is 0.0113. The fraction of sp³-hybridized carbons (Fsp3) is 0. The van der Waals surface area contributed by atoms with Crippen molar-refractivity contribution in [1.82, 2.24) is 0 Å². The smallest absolute Gasteiger partial charge is 0.262 e. The number of halogens is 2. The largest absolute Gasteiger partial charge is 0.399 e. The topological polar surface area (TPSA) is 96.0 Å². The van der Waals surface area contributed by atoms with Crippen molar-refractivity contribution in [1.29, 1.82) is 5.26 Å². The molecule has 0 aliphatic rings. The number of nitrogens with zero attached hydrogens (tertiary/aromatic N) is 1. The van der Waals surface area contributed by atoms with Crippen LogP contribution in [0.1, 0.15) is 5.56 Å². The average Bonchev–Trinajstić information content (AvgIpc) is 2.43. The number of nitrogens with one attached hydrogen (secondary N) is 1. The maximum atomic E-state index is 12.4. The Morgan fingerprint density at radius 3 is 2.33 bits per heavy atom. The van der Waals surface area contributed by atoms with Gasteiger partial charge in [0.2, 0.25) is 0 Å². The van der Waals surface area contributed by atoms with Crippen LogP contribution in [0.5, 0.6) is 0 Å². The summed E-state index contributed by atoms with van der Waals surface area (Å²) in [4.78, 5) is 0.0113. The summed E-state index contributed by atoms with van der Waals surface area (Å²) in [7, 11) is -3.81. The zero-order valence-electron chi connectivity index (χ0n) is 10.5. The van der Waals surface area contributed by atoms with Crippen LogP contribution in [0, 0.1) is 11.3 Å². The van der Waals surface area contributed by atoms with Crippen LogP contribution >= 0.6 is 31.9 Å². The van der Waals surface area contributed by atoms with Crippen molar-refractivity contribution in [3.8, 4) is 6.07 Å². The van der Waals surface area contributed by atoms with E-state index in [2.05, 4.69) is 36.6 Å². The number of nitriles is 1. The van der Waals surface area contributed by atoms with Gasteiger partial charge in [-0.25, -0.2) is 8.42 Å². The molecule has 8 heteroatoms. The van der Waals surface area contributed by atoms with Gasteiger partial charge in [-0.3, -0.25) is 4.72 Å². The summed E-state index contributed by atoms with van der Waals surface area (Å²) in [5.74, 6) is 0. The predicted molar refractivity (Wildman–Crippen MR) is 88.2 cm³/mol. The van der Waals surface area contributed by atoms with E-state index in [1.54, 1.807) is 12.1 Å². The summed E-state index contributed by atoms with van der Waals surface area (Å²) in [5.41, 5.74) is 6.77. The number of nitrogens with two attached hydrogens (primary N) is 1. The van der Waals surface area contributed by atoms with Crippen LogP contribution in [0.25, 0.3) is 0 Å². The molecule has 0 bridgehead atoms. The van der Waals surface area contributed by atoms with E-state index in [0.717, 1.165) is 0 Å². The lowest BCUT2D eigenvalue weighted by Crippen LogP contribution is -2.14. The molecular formula is C13H9Br2N3O2S. The summed E-state index contributed by atoms with van der Waals surface area (Å²) in [6.07, 6.45) is 0. The Morgan fingerprint density at radius 1 is 1.14 bits per heavy atom. The molecule has 0 amide bonds. The number of hydrogen-bond donors (Lipinski definition) is 2. The molecule has 0 radical (unpaired) electrons. The van der Waals surface area contributed by atoms with Gasteiger partial charge < -0.3 is 5.73 Å². The monoisotopic (exact) mass is 429 g/mol. The maximum Gasteiger partial charge on any atom is 0.262 e. The predicted octanol–water partition coefficient (Wildman–Crippen LogP) is 3.47. The zero-order valence-corrected chi connectivity index (χ0v) is 14.5. The SMILES string of the molecule is N#Cc1cccc(S(=O)(=O)Nc2c(Br)cc(N)cc2Br)c1. The third-order valence-electron chi connectivity index (χ3n) is 2.57. The summed E-state index contributed by atoms with van der Waals surface area (Å²) >= 11 is 6.52. The minimum Gasteiger partial charge on any atom is -0.399 e. The Balaban J connectivity index is 2.45. The highest BCUT2D eigenvalue weighted by Gasteiger charge is 2.18. The van der Waals surface area contributed by atoms with Gasteiger partial charge in [0, 0.05) is 14.6 Å². The van der Waals surface area contributed by atoms with Crippen LogP contribution < -0.4 is 10.5 Å². The first kappa shape index (κ1) is 15.8. The van der Waals surface area contributed by atoms with Gasteiger partial charge >= 0.3 is 0 Å². The van der Waals surface area contributed by atoms with E-state index in [1.165, 1.54) is 24.3 Å². The lowest BCUT2D eigenvalue weighted by Gasteiger charge is -2.12. The second kappa shape index (κ2) is 6.05. The van der Waals surface area contributed by atoms with E-state index in [-0.39, 0.29) is 10.5 Å². The van der Waals surface area contributed by atoms with Gasteiger partial charge in [-0.2, -0.15) is 5.26 Å². The molecule has 0 aromatic heterocycles. The highest BCUT2D eigenvalue weighted by Crippen LogP contribution is 2.34. The fourth-order valence-electron chi connectivity index (χ4n) is 1.62. The van der Waals surface area contributed by atoms with Gasteiger partial charge in [-0.1, -0.05) is 6.07 Å². The van der Waals surface area contributed by atoms with Crippen LogP contribution in [0.2, 0.25) is 0 Å². The van der Waals surface area contributed by atoms with Gasteiger partial charge in [-0.05, 0) is 62.2 Å². The third-order valence-corrected chi connectivity index (χ3v) is 5.17. The molecule has 21 heavy (non-hydrogen) atoms. The second-order valence-electron chi connectivity index (χ2n) is 4.10. The van der Waals surface area contributed by atoms with Crippen molar-refractivity contribution in [3.05, 3.63) is 50.9 Å². The Kier molecular flexibility index (Phi) is 4.56. The molecule has 0 aliphatic carbocycles. The van der Waals surface area contributed by atoms with Gasteiger partial charge in [0.1, 0.15) is 0 Å². The van der Waals surface area contributed by atoms with Gasteiger partial charge in [0.25, 0.3) is 10.0 Å². The Hall–Kier alpha value is -1.56. The molecule has 2 aromatic carbocycles. The van der Waals surface area contributed by atoms with Gasteiger partial charge in [0.15, 0.2) is 0 Å². The lowest BCUT2D eigenvalue weighted by molar-refractivity contribution is 0.601. The standard InChI is InChI=1S/C13H9Br2N3O2S/c14-11-5-9(17)6-12(15)13(11)18-21(19,20)10-3-1-2-8(4-10)7-16/h1-6,18H,17H2. The minimum atomic E-state index is -3.81. The zero-order chi connectivity index (χ0) is 15.6. The molecule has 0 spiro atoms. The van der Waals surface area contributed by atoms with E-state index < -0.39 is 10.0 Å². The van der Waals surface area contributed by atoms with Crippen LogP contribution in [0.3, 0.4) is 0 Å². The molecule has 0 saturated carbocycles. The van der Waals surface area contributed by atoms with E-state index in [0.29, 0.717) is 20.3 Å². The van der Waals surface area contributed by atoms with E-state index in [4.69, 9.17) is 11.0 Å². The molecule has 2 rings (SSSR count). The van der Waals surface area contributed by atoms with E-state index >= 15 is 0 Å². The first-order chi connectivity index (χ1) is 9.83. The molecule has 0 unspecified atom stereocenters. The highest BCUT2D eigenvalue weighted by atomic mass is 79.9. The van der Waals surface area contributed by atoms with E-state index in [1.807, 2.05) is 6.07 Å². The van der Waals surface area contributed by atoms with Crippen LogP contribution in [-0.4, -0.2) is 8.42 Å². The molecule has 0 saturated heterocycles. The van der Waals surface area contributed by atoms with Crippen LogP contribution in [-0.2, 0) is 10.0 Å². The van der Waals surface area contributed by atoms with Crippen molar-refractivity contribution in [3.63, 3.8) is 0 Å². The number of benzene rings is 2. The van der Waals surface area contributed by atoms with Crippen molar-refractivity contribution in [2.75, 3.05) is 10.5 Å². The number of sulfonamides is 1. The van der Waals surface area contributed by atoms with E-state index in [9.17, 15) is 8.42 Å². The van der Waals surface area contributed by atoms with Crippen molar-refractivity contribution < 1.29 is 8.42 Å². The summed E-state index contributed by atoms with van der Waals surface area (Å²) in [6.45, 7) is 0. The van der Waals surface area contributed by atoms with Crippen LogP contribution in [0.4, 0.5) is 11.4 Å². The van der Waals surface area contributed by atoms with Crippen molar-refractivity contribution >= 4 is 53.3 Å². The quantitative estimate of drug-likeness (QED) is 0.728. The number of hydrogen-bond acceptors (Lipinski definition) is 4. The van der Waals surface area contributed by atoms with Crippen molar-refractivity contribution in [2.24, 2.45) is 0 Å². The van der Waals surface area contributed by atoms with Crippen LogP contribution in [0.15, 0.2) is 50.2 Å². The summed E-state index contributed by atoms with van der Waals surface area (Å²) < 4.78 is 28.2. The first-order valence-corrected chi connectivity index (χ1v) is 8.68. The first-order valence-electron chi connectivity index (χ1n) is 5.61. The number of nitrogen functional groups attached to an aromatic ring is 1. The Labute approximate surface area is 139 Å². The van der Waals surface area contributed by atoms with Gasteiger partial charge in [-0.15, -0.1) is 0 Å². The molecule has 0 fully saturated rings. The molecule has 108 valence electrons. The van der Waals surface area contributed by atoms with Crippen molar-refractivity contribution in [2.45, 2.75) is 4.90 Å². The summed E-state index contributed by atoms with van der Waals surface area (Å²) in [5, 5.41) is 8.84. The Bertz CT molecular complexity index is 822. The Morgan fingerprint density at radius 2 is 1.76 bits per heavy atom. The number of anilines is 2. The average molecular weight is 431 g/mol. The molecule has 0 aliphatic heterocycles. The highest BCUT2D eigenvalue weighted by molar-refractivity contribution is 9.11. The molecule has 5 nitrogen and oxygen atoms in total. The molecule has 0 atom stereocenters. The molecular weight excluding hydrogens is 422 g/mol. The molecule has 2 aromatic rings. The fourth-order valence-corrected chi connectivity index (χ4v) is 4.45. The second-order valence-corrected chi connectivity index (χ2v) is 7.50. The lowest BCUT2D eigenvalue weighted by atomic mass is 10.2. The third kappa shape index (κ3) is 3.56. The van der Waals surface area contributed by atoms with Gasteiger partial charge in [0.05, 0.1) is 22.2 Å². The normalized spacial score (nSPS) is 10.9. The molecule has 0 heterocycles. The maximum absolute atomic E-state index is 12.4. The number of rotatable bonds is 3. The molecule has 3 N–H and O–H groups in total. The summed E-state index contributed by atoms with van der Waals surface area (Å²) in [6, 6.07) is 10.9.